The van der Waals surface area contributed by atoms with E-state index in [1.165, 1.54) is 4.57 Å². The molecule has 0 saturated carbocycles. The van der Waals surface area contributed by atoms with Crippen LogP contribution in [0.2, 0.25) is 10.0 Å². The third-order valence-electron chi connectivity index (χ3n) is 4.01. The molecule has 0 bridgehead atoms. The minimum absolute atomic E-state index is 0.168. The van der Waals surface area contributed by atoms with Gasteiger partial charge in [0.25, 0.3) is 11.5 Å². The molecule has 0 aliphatic heterocycles. The van der Waals surface area contributed by atoms with Gasteiger partial charge in [0.15, 0.2) is 0 Å². The van der Waals surface area contributed by atoms with Gasteiger partial charge in [0, 0.05) is 27.4 Å². The zero-order chi connectivity index (χ0) is 19.4. The van der Waals surface area contributed by atoms with Crippen molar-refractivity contribution in [1.29, 1.82) is 0 Å². The molecule has 2 aromatic carbocycles. The lowest BCUT2D eigenvalue weighted by Gasteiger charge is -2.12. The molecule has 3 aromatic rings. The largest absolute Gasteiger partial charge is 0.497 e. The normalized spacial score (nSPS) is 10.5. The number of carbonyl (C=O) groups is 1. The Bertz CT molecular complexity index is 1010. The Morgan fingerprint density at radius 3 is 2.33 bits per heavy atom. The lowest BCUT2D eigenvalue weighted by molar-refractivity contribution is 0.102. The Morgan fingerprint density at radius 1 is 1.04 bits per heavy atom. The molecular formula is C20H16Cl2N2O3. The Labute approximate surface area is 166 Å². The Kier molecular flexibility index (Phi) is 5.84. The average Bonchev–Trinajstić information content (AvgIpc) is 2.67. The first-order valence-corrected chi connectivity index (χ1v) is 8.83. The average molecular weight is 403 g/mol. The maximum Gasteiger partial charge on any atom is 0.274 e. The van der Waals surface area contributed by atoms with Crippen LogP contribution >= 0.6 is 23.2 Å². The van der Waals surface area contributed by atoms with Gasteiger partial charge in [0.2, 0.25) is 0 Å². The second kappa shape index (κ2) is 8.29. The summed E-state index contributed by atoms with van der Waals surface area (Å²) in [4.78, 5) is 25.1. The second-order valence-electron chi connectivity index (χ2n) is 5.74. The van der Waals surface area contributed by atoms with Crippen LogP contribution in [0.3, 0.4) is 0 Å². The van der Waals surface area contributed by atoms with Crippen LogP contribution in [0.15, 0.2) is 65.6 Å². The topological polar surface area (TPSA) is 60.3 Å². The zero-order valence-corrected chi connectivity index (χ0v) is 15.9. The molecule has 0 aliphatic carbocycles. The number of hydrogen-bond acceptors (Lipinski definition) is 3. The Hall–Kier alpha value is -2.76. The predicted molar refractivity (Wildman–Crippen MR) is 107 cm³/mol. The third-order valence-corrected chi connectivity index (χ3v) is 4.72. The number of rotatable bonds is 5. The van der Waals surface area contributed by atoms with E-state index in [9.17, 15) is 9.59 Å². The van der Waals surface area contributed by atoms with Gasteiger partial charge in [-0.05, 0) is 48.5 Å². The van der Waals surface area contributed by atoms with E-state index < -0.39 is 0 Å². The summed E-state index contributed by atoms with van der Waals surface area (Å²) in [6, 6.07) is 15.0. The fourth-order valence-electron chi connectivity index (χ4n) is 2.55. The van der Waals surface area contributed by atoms with E-state index in [1.807, 2.05) is 0 Å². The van der Waals surface area contributed by atoms with Gasteiger partial charge in [-0.3, -0.25) is 9.59 Å². The number of aromatic nitrogens is 1. The maximum absolute atomic E-state index is 12.7. The minimum atomic E-state index is -0.386. The van der Waals surface area contributed by atoms with Crippen molar-refractivity contribution in [1.82, 2.24) is 4.57 Å². The number of carbonyl (C=O) groups excluding carboxylic acids is 1. The van der Waals surface area contributed by atoms with Gasteiger partial charge in [-0.2, -0.15) is 0 Å². The zero-order valence-electron chi connectivity index (χ0n) is 14.4. The van der Waals surface area contributed by atoms with Crippen LogP contribution in [-0.2, 0) is 6.54 Å². The highest BCUT2D eigenvalue weighted by molar-refractivity contribution is 6.35. The monoisotopic (exact) mass is 402 g/mol. The summed E-state index contributed by atoms with van der Waals surface area (Å²) in [5, 5.41) is 3.59. The summed E-state index contributed by atoms with van der Waals surface area (Å²) in [5.41, 5.74) is 0.873. The van der Waals surface area contributed by atoms with Crippen molar-refractivity contribution in [3.05, 3.63) is 92.3 Å². The Balaban J connectivity index is 1.84. The molecule has 1 amide bonds. The van der Waals surface area contributed by atoms with Crippen molar-refractivity contribution >= 4 is 34.8 Å². The SMILES string of the molecule is COc1ccc(C(=O)Nc2cccn(Cc3c(Cl)cccc3Cl)c2=O)cc1. The van der Waals surface area contributed by atoms with Crippen LogP contribution in [0, 0.1) is 0 Å². The molecule has 1 N–H and O–H groups in total. The summed E-state index contributed by atoms with van der Waals surface area (Å²) in [5.74, 6) is 0.258. The van der Waals surface area contributed by atoms with Gasteiger partial charge in [0.05, 0.1) is 13.7 Å². The number of ether oxygens (including phenoxy) is 1. The van der Waals surface area contributed by atoms with Gasteiger partial charge in [-0.1, -0.05) is 29.3 Å². The van der Waals surface area contributed by atoms with Crippen LogP contribution in [0.5, 0.6) is 5.75 Å². The maximum atomic E-state index is 12.7. The van der Waals surface area contributed by atoms with Crippen LogP contribution in [0.4, 0.5) is 5.69 Å². The number of pyridine rings is 1. The number of methoxy groups -OCH3 is 1. The van der Waals surface area contributed by atoms with Crippen LogP contribution < -0.4 is 15.6 Å². The molecule has 3 rings (SSSR count). The molecule has 1 heterocycles. The molecule has 0 aliphatic rings. The fraction of sp³-hybridized carbons (Fsp3) is 0.100. The number of nitrogens with one attached hydrogen (secondary N) is 1. The highest BCUT2D eigenvalue weighted by atomic mass is 35.5. The molecule has 0 unspecified atom stereocenters. The van der Waals surface area contributed by atoms with Crippen molar-refractivity contribution in [2.24, 2.45) is 0 Å². The number of benzene rings is 2. The lowest BCUT2D eigenvalue weighted by atomic mass is 10.2. The highest BCUT2D eigenvalue weighted by Gasteiger charge is 2.12. The van der Waals surface area contributed by atoms with Crippen molar-refractivity contribution in [3.63, 3.8) is 0 Å². The minimum Gasteiger partial charge on any atom is -0.497 e. The van der Waals surface area contributed by atoms with E-state index in [1.54, 1.807) is 67.9 Å². The number of nitrogens with zero attached hydrogens (tertiary/aromatic N) is 1. The first-order valence-electron chi connectivity index (χ1n) is 8.07. The first-order chi connectivity index (χ1) is 13.0. The molecule has 7 heteroatoms. The number of hydrogen-bond donors (Lipinski definition) is 1. The molecule has 5 nitrogen and oxygen atoms in total. The molecule has 0 radical (unpaired) electrons. The third kappa shape index (κ3) is 4.32. The van der Waals surface area contributed by atoms with Gasteiger partial charge in [-0.25, -0.2) is 0 Å². The Morgan fingerprint density at radius 2 is 1.70 bits per heavy atom. The summed E-state index contributed by atoms with van der Waals surface area (Å²) in [6.07, 6.45) is 1.62. The predicted octanol–water partition coefficient (Wildman–Crippen LogP) is 4.46. The van der Waals surface area contributed by atoms with Crippen molar-refractivity contribution in [2.75, 3.05) is 12.4 Å². The molecule has 0 fully saturated rings. The molecule has 1 aromatic heterocycles. The van der Waals surface area contributed by atoms with Crippen molar-refractivity contribution in [2.45, 2.75) is 6.54 Å². The molecule has 0 saturated heterocycles. The molecule has 0 atom stereocenters. The summed E-state index contributed by atoms with van der Waals surface area (Å²) >= 11 is 12.4. The van der Waals surface area contributed by atoms with Gasteiger partial charge in [-0.15, -0.1) is 0 Å². The molecule has 0 spiro atoms. The summed E-state index contributed by atoms with van der Waals surface area (Å²) in [6.45, 7) is 0.198. The van der Waals surface area contributed by atoms with E-state index >= 15 is 0 Å². The quantitative estimate of drug-likeness (QED) is 0.684. The first kappa shape index (κ1) is 19.0. The molecular weight excluding hydrogens is 387 g/mol. The second-order valence-corrected chi connectivity index (χ2v) is 6.55. The van der Waals surface area contributed by atoms with Gasteiger partial charge < -0.3 is 14.6 Å². The van der Waals surface area contributed by atoms with E-state index in [4.69, 9.17) is 27.9 Å². The van der Waals surface area contributed by atoms with E-state index in [0.717, 1.165) is 0 Å². The van der Waals surface area contributed by atoms with Crippen LogP contribution in [0.1, 0.15) is 15.9 Å². The summed E-state index contributed by atoms with van der Waals surface area (Å²) < 4.78 is 6.51. The van der Waals surface area contributed by atoms with Crippen molar-refractivity contribution in [3.8, 4) is 5.75 Å². The fourth-order valence-corrected chi connectivity index (χ4v) is 3.06. The van der Waals surface area contributed by atoms with Crippen LogP contribution in [0.25, 0.3) is 0 Å². The number of halogens is 2. The molecule has 138 valence electrons. The van der Waals surface area contributed by atoms with E-state index in [0.29, 0.717) is 26.9 Å². The molecule has 27 heavy (non-hydrogen) atoms. The summed E-state index contributed by atoms with van der Waals surface area (Å²) in [7, 11) is 1.55. The standard InChI is InChI=1S/C20H16Cl2N2O3/c1-27-14-9-7-13(8-10-14)19(25)23-18-6-3-11-24(20(18)26)12-15-16(21)4-2-5-17(15)22/h2-11H,12H2,1H3,(H,23,25). The van der Waals surface area contributed by atoms with Crippen LogP contribution in [-0.4, -0.2) is 17.6 Å². The highest BCUT2D eigenvalue weighted by Crippen LogP contribution is 2.24. The lowest BCUT2D eigenvalue weighted by Crippen LogP contribution is -2.26. The van der Waals surface area contributed by atoms with Gasteiger partial charge in [0.1, 0.15) is 11.4 Å². The number of amides is 1. The smallest absolute Gasteiger partial charge is 0.274 e. The van der Waals surface area contributed by atoms with Gasteiger partial charge >= 0.3 is 0 Å². The van der Waals surface area contributed by atoms with Crippen molar-refractivity contribution < 1.29 is 9.53 Å². The van der Waals surface area contributed by atoms with E-state index in [2.05, 4.69) is 5.32 Å². The number of anilines is 1. The van der Waals surface area contributed by atoms with E-state index in [-0.39, 0.29) is 23.7 Å².